The molecule has 2 aliphatic rings. The van der Waals surface area contributed by atoms with Crippen LogP contribution in [0, 0.1) is 12.7 Å². The molecule has 0 saturated heterocycles. The van der Waals surface area contributed by atoms with Gasteiger partial charge in [0, 0.05) is 18.7 Å². The molecule has 2 heterocycles. The second-order valence-corrected chi connectivity index (χ2v) is 9.69. The van der Waals surface area contributed by atoms with Gasteiger partial charge in [0.15, 0.2) is 0 Å². The number of hydrogen-bond donors (Lipinski definition) is 2. The number of anilines is 1. The van der Waals surface area contributed by atoms with Crippen LogP contribution in [0.15, 0.2) is 103 Å². The molecule has 4 amide bonds. The van der Waals surface area contributed by atoms with Crippen molar-refractivity contribution < 1.29 is 18.8 Å². The topological polar surface area (TPSA) is 81.8 Å². The van der Waals surface area contributed by atoms with Crippen molar-refractivity contribution in [1.29, 1.82) is 0 Å². The highest BCUT2D eigenvalue weighted by Gasteiger charge is 2.46. The van der Waals surface area contributed by atoms with E-state index in [0.717, 1.165) is 16.7 Å². The molecular formula is C31H29FN4O3. The Morgan fingerprint density at radius 1 is 1.08 bits per heavy atom. The van der Waals surface area contributed by atoms with E-state index in [2.05, 4.69) is 17.2 Å². The van der Waals surface area contributed by atoms with Crippen LogP contribution in [0.2, 0.25) is 0 Å². The molecule has 5 rings (SSSR count). The average molecular weight is 525 g/mol. The number of carbonyl (C=O) groups excluding carboxylic acids is 3. The zero-order valence-corrected chi connectivity index (χ0v) is 21.6. The van der Waals surface area contributed by atoms with E-state index < -0.39 is 23.8 Å². The molecule has 2 unspecified atom stereocenters. The van der Waals surface area contributed by atoms with Gasteiger partial charge in [0.2, 0.25) is 5.91 Å². The molecule has 39 heavy (non-hydrogen) atoms. The zero-order chi connectivity index (χ0) is 27.5. The van der Waals surface area contributed by atoms with Gasteiger partial charge in [-0.2, -0.15) is 0 Å². The maximum absolute atomic E-state index is 14.1. The number of urea groups is 1. The second-order valence-electron chi connectivity index (χ2n) is 9.69. The third-order valence-corrected chi connectivity index (χ3v) is 7.03. The van der Waals surface area contributed by atoms with Gasteiger partial charge in [-0.05, 0) is 42.3 Å². The van der Waals surface area contributed by atoms with Crippen LogP contribution in [0.5, 0.6) is 0 Å². The summed E-state index contributed by atoms with van der Waals surface area (Å²) in [5.74, 6) is -1.14. The number of carbonyl (C=O) groups is 3. The molecule has 0 radical (unpaired) electrons. The number of hydrogen-bond acceptors (Lipinski definition) is 3. The maximum atomic E-state index is 14.1. The van der Waals surface area contributed by atoms with Crippen molar-refractivity contribution in [2.24, 2.45) is 0 Å². The van der Waals surface area contributed by atoms with Gasteiger partial charge in [-0.3, -0.25) is 14.5 Å². The summed E-state index contributed by atoms with van der Waals surface area (Å²) in [5.41, 5.74) is 4.14. The number of nitrogens with zero attached hydrogens (tertiary/aromatic N) is 2. The maximum Gasteiger partial charge on any atom is 0.322 e. The van der Waals surface area contributed by atoms with Crippen LogP contribution in [0.25, 0.3) is 0 Å². The Bertz CT molecular complexity index is 1430. The van der Waals surface area contributed by atoms with Crippen LogP contribution in [0.4, 0.5) is 14.9 Å². The van der Waals surface area contributed by atoms with Crippen LogP contribution in [0.3, 0.4) is 0 Å². The summed E-state index contributed by atoms with van der Waals surface area (Å²) in [7, 11) is 0. The molecule has 198 valence electrons. The molecule has 0 bridgehead atoms. The molecule has 2 aliphatic heterocycles. The monoisotopic (exact) mass is 524 g/mol. The van der Waals surface area contributed by atoms with Crippen molar-refractivity contribution >= 4 is 23.5 Å². The second kappa shape index (κ2) is 10.9. The fourth-order valence-electron chi connectivity index (χ4n) is 5.04. The molecule has 3 aromatic carbocycles. The first-order valence-electron chi connectivity index (χ1n) is 12.8. The number of halogens is 1. The summed E-state index contributed by atoms with van der Waals surface area (Å²) in [6.07, 6.45) is 1.87. The van der Waals surface area contributed by atoms with Crippen LogP contribution in [-0.4, -0.2) is 46.8 Å². The molecular weight excluding hydrogens is 495 g/mol. The Balaban J connectivity index is 1.52. The van der Waals surface area contributed by atoms with Crippen molar-refractivity contribution in [2.45, 2.75) is 25.4 Å². The van der Waals surface area contributed by atoms with Gasteiger partial charge in [-0.25, -0.2) is 9.18 Å². The van der Waals surface area contributed by atoms with Gasteiger partial charge < -0.3 is 15.5 Å². The first kappa shape index (κ1) is 25.9. The minimum Gasteiger partial charge on any atom is -0.326 e. The fourth-order valence-corrected chi connectivity index (χ4v) is 5.04. The standard InChI is InChI=1S/C31H29FN4O3/c1-3-17-35-26-19-36(30(38)27(26)28(34-31(35)39)22-11-9-20(2)10-12-22)25(18-21-7-5-4-6-8-21)29(37)33-24-15-13-23(32)14-16-24/h3-16,25,28H,1,17-19H2,2H3,(H,33,37)(H,34,39). The lowest BCUT2D eigenvalue weighted by molar-refractivity contribution is -0.134. The van der Waals surface area contributed by atoms with Gasteiger partial charge in [0.1, 0.15) is 11.9 Å². The SMILES string of the molecule is C=CCN1C(=O)NC(c2ccc(C)cc2)C2=C1CN(C(Cc1ccccc1)C(=O)Nc1ccc(F)cc1)C2=O. The third-order valence-electron chi connectivity index (χ3n) is 7.03. The highest BCUT2D eigenvalue weighted by atomic mass is 19.1. The minimum absolute atomic E-state index is 0.0894. The molecule has 0 fully saturated rings. The van der Waals surface area contributed by atoms with Gasteiger partial charge in [0.25, 0.3) is 5.91 Å². The number of rotatable bonds is 8. The first-order chi connectivity index (χ1) is 18.9. The minimum atomic E-state index is -0.880. The number of nitrogens with one attached hydrogen (secondary N) is 2. The highest BCUT2D eigenvalue weighted by molar-refractivity contribution is 6.05. The van der Waals surface area contributed by atoms with Gasteiger partial charge in [-0.1, -0.05) is 66.2 Å². The quantitative estimate of drug-likeness (QED) is 0.418. The molecule has 0 aliphatic carbocycles. The summed E-state index contributed by atoms with van der Waals surface area (Å²) < 4.78 is 13.5. The first-order valence-corrected chi connectivity index (χ1v) is 12.8. The molecule has 0 spiro atoms. The van der Waals surface area contributed by atoms with Crippen LogP contribution in [-0.2, 0) is 16.0 Å². The number of aryl methyl sites for hydroxylation is 1. The fraction of sp³-hybridized carbons (Fsp3) is 0.194. The van der Waals surface area contributed by atoms with E-state index in [9.17, 15) is 18.8 Å². The van der Waals surface area contributed by atoms with E-state index in [-0.39, 0.29) is 31.4 Å². The van der Waals surface area contributed by atoms with Crippen molar-refractivity contribution in [3.05, 3.63) is 125 Å². The summed E-state index contributed by atoms with van der Waals surface area (Å²) in [5, 5.41) is 5.80. The molecule has 8 heteroatoms. The predicted molar refractivity (Wildman–Crippen MR) is 147 cm³/mol. The van der Waals surface area contributed by atoms with Crippen molar-refractivity contribution in [2.75, 3.05) is 18.4 Å². The van der Waals surface area contributed by atoms with Gasteiger partial charge in [-0.15, -0.1) is 6.58 Å². The Hall–Kier alpha value is -4.72. The number of amides is 4. The van der Waals surface area contributed by atoms with E-state index in [1.807, 2.05) is 61.5 Å². The lowest BCUT2D eigenvalue weighted by Gasteiger charge is -2.33. The van der Waals surface area contributed by atoms with E-state index in [0.29, 0.717) is 17.0 Å². The van der Waals surface area contributed by atoms with Crippen LogP contribution in [0.1, 0.15) is 22.7 Å². The summed E-state index contributed by atoms with van der Waals surface area (Å²) >= 11 is 0. The normalized spacial score (nSPS) is 17.5. The van der Waals surface area contributed by atoms with Crippen molar-refractivity contribution in [1.82, 2.24) is 15.1 Å². The van der Waals surface area contributed by atoms with Crippen molar-refractivity contribution in [3.63, 3.8) is 0 Å². The van der Waals surface area contributed by atoms with E-state index in [4.69, 9.17) is 0 Å². The van der Waals surface area contributed by atoms with E-state index in [1.54, 1.807) is 6.08 Å². The molecule has 2 atom stereocenters. The summed E-state index contributed by atoms with van der Waals surface area (Å²) in [6.45, 7) is 6.04. The largest absolute Gasteiger partial charge is 0.326 e. The molecule has 0 aromatic heterocycles. The Kier molecular flexibility index (Phi) is 7.27. The Labute approximate surface area is 226 Å². The number of benzene rings is 3. The van der Waals surface area contributed by atoms with Crippen molar-refractivity contribution in [3.8, 4) is 0 Å². The Morgan fingerprint density at radius 2 is 1.77 bits per heavy atom. The van der Waals surface area contributed by atoms with Crippen LogP contribution >= 0.6 is 0 Å². The highest BCUT2D eigenvalue weighted by Crippen LogP contribution is 2.37. The third kappa shape index (κ3) is 5.31. The molecule has 2 N–H and O–H groups in total. The van der Waals surface area contributed by atoms with Gasteiger partial charge >= 0.3 is 6.03 Å². The lowest BCUT2D eigenvalue weighted by Crippen LogP contribution is -2.47. The Morgan fingerprint density at radius 3 is 2.44 bits per heavy atom. The average Bonchev–Trinajstić information content (AvgIpc) is 3.27. The van der Waals surface area contributed by atoms with Crippen LogP contribution < -0.4 is 10.6 Å². The lowest BCUT2D eigenvalue weighted by atomic mass is 9.94. The van der Waals surface area contributed by atoms with Gasteiger partial charge in [0.05, 0.1) is 23.9 Å². The van der Waals surface area contributed by atoms with E-state index in [1.165, 1.54) is 34.1 Å². The van der Waals surface area contributed by atoms with E-state index >= 15 is 0 Å². The predicted octanol–water partition coefficient (Wildman–Crippen LogP) is 4.73. The summed E-state index contributed by atoms with van der Waals surface area (Å²) in [6, 6.07) is 20.7. The summed E-state index contributed by atoms with van der Waals surface area (Å²) in [4.78, 5) is 44.0. The zero-order valence-electron chi connectivity index (χ0n) is 21.6. The molecule has 3 aromatic rings. The molecule has 7 nitrogen and oxygen atoms in total. The molecule has 0 saturated carbocycles. The smallest absolute Gasteiger partial charge is 0.322 e.